The first-order chi connectivity index (χ1) is 8.91. The molecule has 0 aromatic carbocycles. The van der Waals surface area contributed by atoms with Crippen LogP contribution in [0.4, 0.5) is 0 Å². The molecule has 0 atom stereocenters. The molecule has 112 valence electrons. The third kappa shape index (κ3) is 4.46. The Morgan fingerprint density at radius 2 is 1.84 bits per heavy atom. The molecule has 19 heavy (non-hydrogen) atoms. The first-order valence-corrected chi connectivity index (χ1v) is 7.57. The van der Waals surface area contributed by atoms with Crippen LogP contribution in [0.15, 0.2) is 0 Å². The summed E-state index contributed by atoms with van der Waals surface area (Å²) < 4.78 is 5.29. The number of ether oxygens (including phenoxy) is 1. The van der Waals surface area contributed by atoms with Gasteiger partial charge in [0.2, 0.25) is 0 Å². The van der Waals surface area contributed by atoms with Gasteiger partial charge < -0.3 is 15.0 Å². The zero-order valence-electron chi connectivity index (χ0n) is 13.2. The van der Waals surface area contributed by atoms with E-state index in [1.54, 1.807) is 0 Å². The zero-order chi connectivity index (χ0) is 14.5. The van der Waals surface area contributed by atoms with Crippen molar-refractivity contribution in [2.45, 2.75) is 59.0 Å². The van der Waals surface area contributed by atoms with E-state index < -0.39 is 5.54 Å². The minimum atomic E-state index is -0.467. The lowest BCUT2D eigenvalue weighted by molar-refractivity contribution is -0.153. The van der Waals surface area contributed by atoms with Gasteiger partial charge in [-0.15, -0.1) is 0 Å². The lowest BCUT2D eigenvalue weighted by Crippen LogP contribution is -2.60. The minimum absolute atomic E-state index is 0.0703. The van der Waals surface area contributed by atoms with E-state index in [1.165, 1.54) is 0 Å². The molecule has 1 rings (SSSR count). The molecule has 0 unspecified atom stereocenters. The van der Waals surface area contributed by atoms with E-state index in [9.17, 15) is 4.79 Å². The van der Waals surface area contributed by atoms with Crippen LogP contribution in [-0.2, 0) is 9.53 Å². The number of hydrogen-bond acceptors (Lipinski definition) is 4. The second kappa shape index (κ2) is 7.25. The van der Waals surface area contributed by atoms with Gasteiger partial charge >= 0.3 is 5.97 Å². The van der Waals surface area contributed by atoms with Gasteiger partial charge in [-0.05, 0) is 46.1 Å². The Hall–Kier alpha value is -0.610. The van der Waals surface area contributed by atoms with Crippen molar-refractivity contribution in [3.8, 4) is 0 Å². The predicted octanol–water partition coefficient (Wildman–Crippen LogP) is 2.04. The predicted molar refractivity (Wildman–Crippen MR) is 78.1 cm³/mol. The van der Waals surface area contributed by atoms with Crippen LogP contribution in [0.5, 0.6) is 0 Å². The molecule has 0 saturated carbocycles. The minimum Gasteiger partial charge on any atom is -0.465 e. The van der Waals surface area contributed by atoms with Crippen LogP contribution in [0.1, 0.15) is 47.5 Å². The van der Waals surface area contributed by atoms with E-state index in [-0.39, 0.29) is 5.97 Å². The molecule has 0 aromatic rings. The Morgan fingerprint density at radius 3 is 2.26 bits per heavy atom. The fourth-order valence-electron chi connectivity index (χ4n) is 2.54. The highest BCUT2D eigenvalue weighted by molar-refractivity contribution is 5.81. The Labute approximate surface area is 117 Å². The highest BCUT2D eigenvalue weighted by atomic mass is 16.5. The molecule has 0 amide bonds. The van der Waals surface area contributed by atoms with Crippen LogP contribution in [0.25, 0.3) is 0 Å². The lowest BCUT2D eigenvalue weighted by atomic mass is 9.86. The fraction of sp³-hybridized carbons (Fsp3) is 0.933. The molecule has 1 fully saturated rings. The first-order valence-electron chi connectivity index (χ1n) is 7.57. The molecule has 1 N–H and O–H groups in total. The number of rotatable bonds is 6. The molecular weight excluding hydrogens is 240 g/mol. The summed E-state index contributed by atoms with van der Waals surface area (Å²) in [5, 5.41) is 3.48. The average molecular weight is 270 g/mol. The van der Waals surface area contributed by atoms with Gasteiger partial charge in [-0.3, -0.25) is 4.79 Å². The van der Waals surface area contributed by atoms with Crippen LogP contribution < -0.4 is 5.32 Å². The summed E-state index contributed by atoms with van der Waals surface area (Å²) >= 11 is 0. The normalized spacial score (nSPS) is 19.9. The molecule has 1 aliphatic heterocycles. The highest BCUT2D eigenvalue weighted by Crippen LogP contribution is 2.25. The highest BCUT2D eigenvalue weighted by Gasteiger charge is 2.42. The van der Waals surface area contributed by atoms with Crippen LogP contribution in [0.2, 0.25) is 0 Å². The second-order valence-electron chi connectivity index (χ2n) is 6.21. The summed E-state index contributed by atoms with van der Waals surface area (Å²) in [7, 11) is 0. The Morgan fingerprint density at radius 1 is 1.26 bits per heavy atom. The number of hydrogen-bond donors (Lipinski definition) is 1. The average Bonchev–Trinajstić information content (AvgIpc) is 2.37. The van der Waals surface area contributed by atoms with Crippen molar-refractivity contribution in [3.05, 3.63) is 0 Å². The van der Waals surface area contributed by atoms with Gasteiger partial charge in [0.1, 0.15) is 5.54 Å². The van der Waals surface area contributed by atoms with Crippen molar-refractivity contribution in [3.63, 3.8) is 0 Å². The summed E-state index contributed by atoms with van der Waals surface area (Å²) in [6.07, 6.45) is 1.69. The van der Waals surface area contributed by atoms with E-state index in [0.29, 0.717) is 18.6 Å². The number of carbonyl (C=O) groups excluding carboxylic acids is 1. The summed E-state index contributed by atoms with van der Waals surface area (Å²) in [5.74, 6) is 0.466. The number of piperidine rings is 1. The monoisotopic (exact) mass is 270 g/mol. The molecule has 1 heterocycles. The summed E-state index contributed by atoms with van der Waals surface area (Å²) in [6, 6.07) is 0.547. The smallest absolute Gasteiger partial charge is 0.326 e. The van der Waals surface area contributed by atoms with E-state index in [2.05, 4.69) is 37.9 Å². The number of likely N-dealkylation sites (tertiary alicyclic amines) is 1. The number of carbonyl (C=O) groups is 1. The maximum Gasteiger partial charge on any atom is 0.326 e. The molecule has 0 bridgehead atoms. The first kappa shape index (κ1) is 16.4. The Bertz CT molecular complexity index is 282. The number of nitrogens with zero attached hydrogens (tertiary/aromatic N) is 1. The number of esters is 1. The van der Waals surface area contributed by atoms with Crippen molar-refractivity contribution in [2.75, 3.05) is 26.2 Å². The van der Waals surface area contributed by atoms with E-state index in [4.69, 9.17) is 4.74 Å². The molecule has 4 nitrogen and oxygen atoms in total. The van der Waals surface area contributed by atoms with Crippen molar-refractivity contribution in [1.29, 1.82) is 0 Å². The molecule has 1 aliphatic rings. The van der Waals surface area contributed by atoms with Gasteiger partial charge in [0, 0.05) is 19.1 Å². The van der Waals surface area contributed by atoms with E-state index in [1.807, 2.05) is 6.92 Å². The SMILES string of the molecule is CCOC(=O)C1(NCC(C)C)CCN(C(C)C)CC1. The van der Waals surface area contributed by atoms with Crippen LogP contribution >= 0.6 is 0 Å². The van der Waals surface area contributed by atoms with Crippen molar-refractivity contribution >= 4 is 5.97 Å². The molecule has 0 aromatic heterocycles. The van der Waals surface area contributed by atoms with Gasteiger partial charge in [0.05, 0.1) is 6.61 Å². The summed E-state index contributed by atoms with van der Waals surface area (Å²) in [5.41, 5.74) is -0.467. The quantitative estimate of drug-likeness (QED) is 0.750. The van der Waals surface area contributed by atoms with Crippen LogP contribution in [0.3, 0.4) is 0 Å². The third-order valence-corrected chi connectivity index (χ3v) is 3.90. The van der Waals surface area contributed by atoms with Gasteiger partial charge in [-0.25, -0.2) is 0 Å². The molecule has 4 heteroatoms. The molecule has 0 aliphatic carbocycles. The van der Waals surface area contributed by atoms with E-state index >= 15 is 0 Å². The largest absolute Gasteiger partial charge is 0.465 e. The fourth-order valence-corrected chi connectivity index (χ4v) is 2.54. The van der Waals surface area contributed by atoms with Gasteiger partial charge in [-0.1, -0.05) is 13.8 Å². The zero-order valence-corrected chi connectivity index (χ0v) is 13.2. The van der Waals surface area contributed by atoms with Gasteiger partial charge in [0.15, 0.2) is 0 Å². The lowest BCUT2D eigenvalue weighted by Gasteiger charge is -2.42. The summed E-state index contributed by atoms with van der Waals surface area (Å²) in [4.78, 5) is 14.7. The third-order valence-electron chi connectivity index (χ3n) is 3.90. The maximum atomic E-state index is 12.3. The molecule has 0 spiro atoms. The molecular formula is C15H30N2O2. The Kier molecular flexibility index (Phi) is 6.27. The second-order valence-corrected chi connectivity index (χ2v) is 6.21. The van der Waals surface area contributed by atoms with E-state index in [0.717, 1.165) is 32.5 Å². The van der Waals surface area contributed by atoms with Crippen molar-refractivity contribution < 1.29 is 9.53 Å². The Balaban J connectivity index is 2.69. The summed E-state index contributed by atoms with van der Waals surface area (Å²) in [6.45, 7) is 13.8. The van der Waals surface area contributed by atoms with Crippen LogP contribution in [0, 0.1) is 5.92 Å². The molecule has 0 radical (unpaired) electrons. The number of nitrogens with one attached hydrogen (secondary N) is 1. The van der Waals surface area contributed by atoms with Crippen LogP contribution in [-0.4, -0.2) is 48.7 Å². The standard InChI is InChI=1S/C15H30N2O2/c1-6-19-14(18)15(16-11-12(2)3)7-9-17(10-8-15)13(4)5/h12-13,16H,6-11H2,1-5H3. The van der Waals surface area contributed by atoms with Crippen molar-refractivity contribution in [1.82, 2.24) is 10.2 Å². The van der Waals surface area contributed by atoms with Gasteiger partial charge in [-0.2, -0.15) is 0 Å². The molecule has 1 saturated heterocycles. The maximum absolute atomic E-state index is 12.3. The van der Waals surface area contributed by atoms with Crippen molar-refractivity contribution in [2.24, 2.45) is 5.92 Å². The van der Waals surface area contributed by atoms with Gasteiger partial charge in [0.25, 0.3) is 0 Å². The topological polar surface area (TPSA) is 41.6 Å².